The van der Waals surface area contributed by atoms with E-state index >= 15 is 0 Å². The van der Waals surface area contributed by atoms with Crippen LogP contribution in [0.2, 0.25) is 0 Å². The summed E-state index contributed by atoms with van der Waals surface area (Å²) in [5, 5.41) is 2.76. The minimum absolute atomic E-state index is 0.122. The number of likely N-dealkylation sites (tertiary alicyclic amines) is 1. The summed E-state index contributed by atoms with van der Waals surface area (Å²) in [6.07, 6.45) is 2.20. The topological polar surface area (TPSA) is 71.8 Å². The van der Waals surface area contributed by atoms with Gasteiger partial charge in [-0.25, -0.2) is 9.18 Å². The summed E-state index contributed by atoms with van der Waals surface area (Å²) >= 11 is 0. The fraction of sp³-hybridized carbons (Fsp3) is 0.455. The van der Waals surface area contributed by atoms with E-state index in [2.05, 4.69) is 5.32 Å². The van der Waals surface area contributed by atoms with Crippen LogP contribution in [0.4, 0.5) is 9.18 Å². The molecule has 156 valence electrons. The minimum Gasteiger partial charge on any atom is -0.451 e. The Bertz CT molecular complexity index is 854. The van der Waals surface area contributed by atoms with Crippen LogP contribution in [0.5, 0.6) is 0 Å². The van der Waals surface area contributed by atoms with Crippen LogP contribution in [0, 0.1) is 5.82 Å². The van der Waals surface area contributed by atoms with Crippen molar-refractivity contribution in [2.24, 2.45) is 0 Å². The summed E-state index contributed by atoms with van der Waals surface area (Å²) in [5.41, 5.74) is 0.129. The third kappa shape index (κ3) is 5.59. The molecule has 1 saturated heterocycles. The maximum absolute atomic E-state index is 13.1. The summed E-state index contributed by atoms with van der Waals surface area (Å²) < 4.78 is 24.1. The molecule has 2 amide bonds. The van der Waals surface area contributed by atoms with Gasteiger partial charge in [-0.1, -0.05) is 0 Å². The number of furan rings is 1. The number of nitrogens with zero attached hydrogens (tertiary/aromatic N) is 1. The van der Waals surface area contributed by atoms with Gasteiger partial charge in [-0.15, -0.1) is 0 Å². The van der Waals surface area contributed by atoms with E-state index < -0.39 is 11.7 Å². The fourth-order valence-corrected chi connectivity index (χ4v) is 3.36. The van der Waals surface area contributed by atoms with Crippen LogP contribution >= 0.6 is 0 Å². The van der Waals surface area contributed by atoms with Crippen LogP contribution in [-0.4, -0.2) is 41.6 Å². The fourth-order valence-electron chi connectivity index (χ4n) is 3.36. The number of nitrogens with one attached hydrogen (secondary N) is 1. The van der Waals surface area contributed by atoms with Crippen LogP contribution in [0.15, 0.2) is 40.8 Å². The lowest BCUT2D eigenvalue weighted by molar-refractivity contribution is 0.0453. The van der Waals surface area contributed by atoms with E-state index in [0.717, 1.165) is 19.3 Å². The smallest absolute Gasteiger partial charge is 0.407 e. The normalized spacial score (nSPS) is 17.1. The number of ether oxygens (including phenoxy) is 1. The summed E-state index contributed by atoms with van der Waals surface area (Å²) in [5.74, 6) is 0.196. The molecule has 0 spiro atoms. The van der Waals surface area contributed by atoms with E-state index in [1.165, 1.54) is 12.1 Å². The van der Waals surface area contributed by atoms with E-state index in [0.29, 0.717) is 24.4 Å². The van der Waals surface area contributed by atoms with Crippen molar-refractivity contribution in [1.29, 1.82) is 0 Å². The zero-order valence-corrected chi connectivity index (χ0v) is 17.0. The van der Waals surface area contributed by atoms with Crippen molar-refractivity contribution in [3.05, 3.63) is 48.0 Å². The van der Waals surface area contributed by atoms with Gasteiger partial charge in [-0.2, -0.15) is 0 Å². The monoisotopic (exact) mass is 402 g/mol. The van der Waals surface area contributed by atoms with Crippen LogP contribution in [0.3, 0.4) is 0 Å². The van der Waals surface area contributed by atoms with Gasteiger partial charge in [0.15, 0.2) is 5.76 Å². The molecule has 2 heterocycles. The van der Waals surface area contributed by atoms with Crippen molar-refractivity contribution in [1.82, 2.24) is 10.2 Å². The van der Waals surface area contributed by atoms with Gasteiger partial charge in [0.1, 0.15) is 17.2 Å². The zero-order valence-electron chi connectivity index (χ0n) is 17.0. The second kappa shape index (κ2) is 8.68. The number of piperidine rings is 1. The molecular formula is C22H27FN2O4. The van der Waals surface area contributed by atoms with E-state index in [1.54, 1.807) is 49.9 Å². The van der Waals surface area contributed by atoms with Crippen LogP contribution < -0.4 is 5.32 Å². The number of hydrogen-bond acceptors (Lipinski definition) is 4. The molecule has 0 bridgehead atoms. The first-order valence-electron chi connectivity index (χ1n) is 9.86. The molecule has 0 aliphatic carbocycles. The van der Waals surface area contributed by atoms with Crippen molar-refractivity contribution in [3.63, 3.8) is 0 Å². The van der Waals surface area contributed by atoms with Crippen LogP contribution in [-0.2, 0) is 4.74 Å². The Kier molecular flexibility index (Phi) is 6.25. The van der Waals surface area contributed by atoms with Crippen LogP contribution in [0.25, 0.3) is 11.3 Å². The summed E-state index contributed by atoms with van der Waals surface area (Å²) in [4.78, 5) is 26.7. The second-order valence-electron chi connectivity index (χ2n) is 8.20. The number of carbonyl (C=O) groups is 2. The number of carbonyl (C=O) groups excluding carboxylic acids is 2. The molecule has 2 aromatic rings. The predicted octanol–water partition coefficient (Wildman–Crippen LogP) is 4.61. The van der Waals surface area contributed by atoms with Gasteiger partial charge in [0.25, 0.3) is 5.91 Å². The lowest BCUT2D eigenvalue weighted by Crippen LogP contribution is -2.49. The van der Waals surface area contributed by atoms with Crippen molar-refractivity contribution in [2.45, 2.75) is 51.7 Å². The third-order valence-electron chi connectivity index (χ3n) is 4.71. The first-order valence-corrected chi connectivity index (χ1v) is 9.86. The summed E-state index contributed by atoms with van der Waals surface area (Å²) in [6.45, 7) is 6.34. The summed E-state index contributed by atoms with van der Waals surface area (Å²) in [6, 6.07) is 9.13. The number of halogens is 1. The molecule has 1 aromatic heterocycles. The average molecular weight is 402 g/mol. The molecule has 0 saturated carbocycles. The summed E-state index contributed by atoms with van der Waals surface area (Å²) in [7, 11) is 0. The van der Waals surface area contributed by atoms with Crippen molar-refractivity contribution >= 4 is 12.0 Å². The SMILES string of the molecule is CC(C)(C)OC(=O)NCC1CCCCN1C(=O)c1ccc(-c2ccc(F)cc2)o1. The molecule has 6 nitrogen and oxygen atoms in total. The molecule has 1 unspecified atom stereocenters. The first-order chi connectivity index (χ1) is 13.7. The highest BCUT2D eigenvalue weighted by molar-refractivity contribution is 5.92. The van der Waals surface area contributed by atoms with Crippen molar-refractivity contribution < 1.29 is 23.1 Å². The maximum atomic E-state index is 13.1. The quantitative estimate of drug-likeness (QED) is 0.811. The molecule has 1 N–H and O–H groups in total. The number of rotatable bonds is 4. The highest BCUT2D eigenvalue weighted by Crippen LogP contribution is 2.25. The Balaban J connectivity index is 1.66. The number of amides is 2. The molecule has 1 aromatic carbocycles. The van der Waals surface area contributed by atoms with Gasteiger partial charge >= 0.3 is 6.09 Å². The van der Waals surface area contributed by atoms with E-state index in [-0.39, 0.29) is 23.5 Å². The van der Waals surface area contributed by atoms with Gasteiger partial charge in [-0.3, -0.25) is 4.79 Å². The molecule has 1 aliphatic rings. The highest BCUT2D eigenvalue weighted by Gasteiger charge is 2.30. The molecular weight excluding hydrogens is 375 g/mol. The second-order valence-corrected chi connectivity index (χ2v) is 8.20. The standard InChI is InChI=1S/C22H27FN2O4/c1-22(2,3)29-21(27)24-14-17-6-4-5-13-25(17)20(26)19-12-11-18(28-19)15-7-9-16(23)10-8-15/h7-12,17H,4-6,13-14H2,1-3H3,(H,24,27). The molecule has 1 atom stereocenters. The van der Waals surface area contributed by atoms with Gasteiger partial charge in [-0.05, 0) is 76.4 Å². The first kappa shape index (κ1) is 20.9. The average Bonchev–Trinajstić information content (AvgIpc) is 3.15. The highest BCUT2D eigenvalue weighted by atomic mass is 19.1. The van der Waals surface area contributed by atoms with E-state index in [1.807, 2.05) is 0 Å². The largest absolute Gasteiger partial charge is 0.451 e. The molecule has 1 aliphatic heterocycles. The Hall–Kier alpha value is -2.83. The Labute approximate surface area is 170 Å². The van der Waals surface area contributed by atoms with E-state index in [9.17, 15) is 14.0 Å². The van der Waals surface area contributed by atoms with Crippen molar-refractivity contribution in [3.8, 4) is 11.3 Å². The Morgan fingerprint density at radius 1 is 1.17 bits per heavy atom. The van der Waals surface area contributed by atoms with Gasteiger partial charge in [0.05, 0.1) is 0 Å². The zero-order chi connectivity index (χ0) is 21.0. The third-order valence-corrected chi connectivity index (χ3v) is 4.71. The maximum Gasteiger partial charge on any atom is 0.407 e. The number of benzene rings is 1. The van der Waals surface area contributed by atoms with Gasteiger partial charge in [0.2, 0.25) is 0 Å². The lowest BCUT2D eigenvalue weighted by atomic mass is 10.0. The molecule has 7 heteroatoms. The number of alkyl carbamates (subject to hydrolysis) is 1. The predicted molar refractivity (Wildman–Crippen MR) is 107 cm³/mol. The van der Waals surface area contributed by atoms with Crippen molar-refractivity contribution in [2.75, 3.05) is 13.1 Å². The van der Waals surface area contributed by atoms with E-state index in [4.69, 9.17) is 9.15 Å². The Morgan fingerprint density at radius 3 is 2.59 bits per heavy atom. The number of hydrogen-bond donors (Lipinski definition) is 1. The van der Waals surface area contributed by atoms with Gasteiger partial charge in [0, 0.05) is 24.7 Å². The molecule has 0 radical (unpaired) electrons. The van der Waals surface area contributed by atoms with Crippen LogP contribution in [0.1, 0.15) is 50.6 Å². The minimum atomic E-state index is -0.572. The molecule has 3 rings (SSSR count). The molecule has 29 heavy (non-hydrogen) atoms. The Morgan fingerprint density at radius 2 is 1.90 bits per heavy atom. The lowest BCUT2D eigenvalue weighted by Gasteiger charge is -2.35. The van der Waals surface area contributed by atoms with Gasteiger partial charge < -0.3 is 19.4 Å². The molecule has 1 fully saturated rings.